The minimum atomic E-state index is -4.34. The van der Waals surface area contributed by atoms with Crippen LogP contribution in [0.1, 0.15) is 15.9 Å². The predicted molar refractivity (Wildman–Crippen MR) is 51.9 cm³/mol. The van der Waals surface area contributed by atoms with E-state index < -0.39 is 16.5 Å². The van der Waals surface area contributed by atoms with E-state index in [2.05, 4.69) is 0 Å². The standard InChI is InChI=1S/C10H7F3OS/c11-10(12,13)15-8-5-6-3-1-2-4-7(6)9(8)14/h1-4,8H,5H2. The zero-order valence-electron chi connectivity index (χ0n) is 7.54. The SMILES string of the molecule is O=C1c2ccccc2CC1SC(F)(F)F. The van der Waals surface area contributed by atoms with Crippen LogP contribution in [0.5, 0.6) is 0 Å². The first-order chi connectivity index (χ1) is 6.97. The van der Waals surface area contributed by atoms with E-state index in [1.54, 1.807) is 24.3 Å². The minimum absolute atomic E-state index is 0.180. The molecule has 0 aromatic heterocycles. The van der Waals surface area contributed by atoms with E-state index in [0.29, 0.717) is 11.1 Å². The number of benzene rings is 1. The Labute approximate surface area is 88.7 Å². The van der Waals surface area contributed by atoms with Crippen molar-refractivity contribution in [2.45, 2.75) is 17.2 Å². The van der Waals surface area contributed by atoms with Crippen LogP contribution in [-0.2, 0) is 6.42 Å². The van der Waals surface area contributed by atoms with Crippen molar-refractivity contribution in [2.24, 2.45) is 0 Å². The van der Waals surface area contributed by atoms with Crippen molar-refractivity contribution in [3.63, 3.8) is 0 Å². The van der Waals surface area contributed by atoms with Gasteiger partial charge >= 0.3 is 5.51 Å². The molecule has 1 aromatic carbocycles. The van der Waals surface area contributed by atoms with Crippen LogP contribution in [0.2, 0.25) is 0 Å². The van der Waals surface area contributed by atoms with Gasteiger partial charge in [0, 0.05) is 5.56 Å². The van der Waals surface area contributed by atoms with Crippen molar-refractivity contribution in [2.75, 3.05) is 0 Å². The zero-order valence-corrected chi connectivity index (χ0v) is 8.36. The average Bonchev–Trinajstić information content (AvgIpc) is 2.42. The molecule has 0 heterocycles. The molecule has 15 heavy (non-hydrogen) atoms. The summed E-state index contributed by atoms with van der Waals surface area (Å²) >= 11 is -0.221. The third-order valence-corrected chi connectivity index (χ3v) is 3.19. The Morgan fingerprint density at radius 2 is 1.93 bits per heavy atom. The Balaban J connectivity index is 2.21. The number of carbonyl (C=O) groups excluding carboxylic acids is 1. The van der Waals surface area contributed by atoms with Crippen LogP contribution in [0.4, 0.5) is 13.2 Å². The van der Waals surface area contributed by atoms with Gasteiger partial charge in [0.05, 0.1) is 5.25 Å². The van der Waals surface area contributed by atoms with Gasteiger partial charge in [-0.25, -0.2) is 0 Å². The molecule has 80 valence electrons. The summed E-state index contributed by atoms with van der Waals surface area (Å²) < 4.78 is 36.3. The molecule has 1 nitrogen and oxygen atoms in total. The first-order valence-electron chi connectivity index (χ1n) is 4.34. The summed E-state index contributed by atoms with van der Waals surface area (Å²) in [6, 6.07) is 6.67. The summed E-state index contributed by atoms with van der Waals surface area (Å²) in [5, 5.41) is -0.998. The van der Waals surface area contributed by atoms with E-state index >= 15 is 0 Å². The molecule has 1 unspecified atom stereocenters. The molecule has 0 spiro atoms. The van der Waals surface area contributed by atoms with Gasteiger partial charge < -0.3 is 0 Å². The van der Waals surface area contributed by atoms with Gasteiger partial charge in [-0.05, 0) is 23.7 Å². The lowest BCUT2D eigenvalue weighted by Gasteiger charge is -2.09. The fourth-order valence-corrected chi connectivity index (χ4v) is 2.48. The maximum Gasteiger partial charge on any atom is 0.442 e. The van der Waals surface area contributed by atoms with E-state index in [0.717, 1.165) is 0 Å². The summed E-state index contributed by atoms with van der Waals surface area (Å²) in [5.74, 6) is -0.409. The van der Waals surface area contributed by atoms with E-state index in [4.69, 9.17) is 0 Å². The Kier molecular flexibility index (Phi) is 2.50. The topological polar surface area (TPSA) is 17.1 Å². The minimum Gasteiger partial charge on any atom is -0.293 e. The molecule has 0 aliphatic heterocycles. The number of Topliss-reactive ketones (excluding diaryl/α,β-unsaturated/α-hetero) is 1. The van der Waals surface area contributed by atoms with Crippen LogP contribution in [0.25, 0.3) is 0 Å². The van der Waals surface area contributed by atoms with Crippen molar-refractivity contribution < 1.29 is 18.0 Å². The monoisotopic (exact) mass is 232 g/mol. The molecule has 0 N–H and O–H groups in total. The number of alkyl halides is 3. The summed E-state index contributed by atoms with van der Waals surface area (Å²) in [6.45, 7) is 0. The third kappa shape index (κ3) is 2.17. The number of hydrogen-bond acceptors (Lipinski definition) is 2. The smallest absolute Gasteiger partial charge is 0.293 e. The number of ketones is 1. The van der Waals surface area contributed by atoms with Crippen LogP contribution < -0.4 is 0 Å². The molecule has 0 saturated carbocycles. The largest absolute Gasteiger partial charge is 0.442 e. The van der Waals surface area contributed by atoms with Crippen LogP contribution in [0.3, 0.4) is 0 Å². The van der Waals surface area contributed by atoms with Crippen LogP contribution >= 0.6 is 11.8 Å². The number of thioether (sulfide) groups is 1. The molecule has 2 rings (SSSR count). The lowest BCUT2D eigenvalue weighted by atomic mass is 10.1. The number of rotatable bonds is 1. The van der Waals surface area contributed by atoms with Gasteiger partial charge in [-0.15, -0.1) is 0 Å². The normalized spacial score (nSPS) is 20.5. The Morgan fingerprint density at radius 3 is 2.53 bits per heavy atom. The van der Waals surface area contributed by atoms with Gasteiger partial charge in [-0.3, -0.25) is 4.79 Å². The van der Waals surface area contributed by atoms with Gasteiger partial charge in [0.2, 0.25) is 0 Å². The number of carbonyl (C=O) groups is 1. The Hall–Kier alpha value is -0.970. The highest BCUT2D eigenvalue weighted by Crippen LogP contribution is 2.39. The highest BCUT2D eigenvalue weighted by atomic mass is 32.2. The zero-order chi connectivity index (χ0) is 11.1. The lowest BCUT2D eigenvalue weighted by molar-refractivity contribution is -0.0332. The Bertz CT molecular complexity index is 400. The molecule has 0 bridgehead atoms. The summed E-state index contributed by atoms with van der Waals surface area (Å²) in [6.07, 6.45) is 0.180. The van der Waals surface area contributed by atoms with Crippen LogP contribution in [0.15, 0.2) is 24.3 Å². The Morgan fingerprint density at radius 1 is 1.27 bits per heavy atom. The molecule has 1 aliphatic rings. The summed E-state index contributed by atoms with van der Waals surface area (Å²) in [4.78, 5) is 11.6. The molecule has 0 fully saturated rings. The van der Waals surface area contributed by atoms with E-state index in [1.165, 1.54) is 0 Å². The van der Waals surface area contributed by atoms with Crippen molar-refractivity contribution >= 4 is 17.5 Å². The summed E-state index contributed by atoms with van der Waals surface area (Å²) in [5.41, 5.74) is -3.20. The molecule has 5 heteroatoms. The average molecular weight is 232 g/mol. The quantitative estimate of drug-likeness (QED) is 0.740. The number of fused-ring (bicyclic) bond motifs is 1. The molecule has 0 saturated heterocycles. The summed E-state index contributed by atoms with van der Waals surface area (Å²) in [7, 11) is 0. The van der Waals surface area contributed by atoms with Gasteiger partial charge in [-0.2, -0.15) is 13.2 Å². The maximum absolute atomic E-state index is 12.1. The van der Waals surface area contributed by atoms with Gasteiger partial charge in [-0.1, -0.05) is 24.3 Å². The van der Waals surface area contributed by atoms with Crippen LogP contribution in [-0.4, -0.2) is 16.5 Å². The van der Waals surface area contributed by atoms with E-state index in [-0.39, 0.29) is 18.2 Å². The van der Waals surface area contributed by atoms with Crippen LogP contribution in [0, 0.1) is 0 Å². The van der Waals surface area contributed by atoms with Gasteiger partial charge in [0.15, 0.2) is 5.78 Å². The maximum atomic E-state index is 12.1. The highest BCUT2D eigenvalue weighted by molar-refractivity contribution is 8.01. The molecule has 1 aromatic rings. The molecular formula is C10H7F3OS. The number of halogens is 3. The van der Waals surface area contributed by atoms with Crippen molar-refractivity contribution in [3.8, 4) is 0 Å². The third-order valence-electron chi connectivity index (χ3n) is 2.26. The molecule has 1 aliphatic carbocycles. The predicted octanol–water partition coefficient (Wildman–Crippen LogP) is 3.05. The van der Waals surface area contributed by atoms with Crippen molar-refractivity contribution in [3.05, 3.63) is 35.4 Å². The fourth-order valence-electron chi connectivity index (χ4n) is 1.66. The molecule has 0 radical (unpaired) electrons. The molecule has 1 atom stereocenters. The first-order valence-corrected chi connectivity index (χ1v) is 5.22. The van der Waals surface area contributed by atoms with Crippen molar-refractivity contribution in [1.29, 1.82) is 0 Å². The second-order valence-electron chi connectivity index (χ2n) is 3.28. The second-order valence-corrected chi connectivity index (χ2v) is 4.55. The highest BCUT2D eigenvalue weighted by Gasteiger charge is 2.40. The number of hydrogen-bond donors (Lipinski definition) is 0. The lowest BCUT2D eigenvalue weighted by Crippen LogP contribution is -2.17. The first kappa shape index (κ1) is 10.5. The van der Waals surface area contributed by atoms with Gasteiger partial charge in [0.1, 0.15) is 0 Å². The van der Waals surface area contributed by atoms with Gasteiger partial charge in [0.25, 0.3) is 0 Å². The second kappa shape index (κ2) is 3.56. The molecular weight excluding hydrogens is 225 g/mol. The molecule has 0 amide bonds. The van der Waals surface area contributed by atoms with E-state index in [9.17, 15) is 18.0 Å². The van der Waals surface area contributed by atoms with E-state index in [1.807, 2.05) is 0 Å². The van der Waals surface area contributed by atoms with Crippen molar-refractivity contribution in [1.82, 2.24) is 0 Å². The fraction of sp³-hybridized carbons (Fsp3) is 0.300.